The van der Waals surface area contributed by atoms with Gasteiger partial charge in [-0.1, -0.05) is 0 Å². The molecule has 0 unspecified atom stereocenters. The van der Waals surface area contributed by atoms with Gasteiger partial charge in [-0.2, -0.15) is 0 Å². The number of hydrogen-bond acceptors (Lipinski definition) is 5. The van der Waals surface area contributed by atoms with E-state index in [1.54, 1.807) is 14.1 Å². The molecule has 1 aromatic heterocycles. The van der Waals surface area contributed by atoms with E-state index in [1.807, 2.05) is 0 Å². The van der Waals surface area contributed by atoms with Gasteiger partial charge in [0.25, 0.3) is 0 Å². The van der Waals surface area contributed by atoms with Crippen molar-refractivity contribution in [3.63, 3.8) is 0 Å². The molecule has 0 saturated carbocycles. The van der Waals surface area contributed by atoms with Crippen LogP contribution < -0.4 is 5.32 Å². The van der Waals surface area contributed by atoms with Crippen molar-refractivity contribution >= 4 is 12.0 Å². The third kappa shape index (κ3) is 3.44. The van der Waals surface area contributed by atoms with E-state index in [9.17, 15) is 9.59 Å². The number of carbonyl (C=O) groups excluding carboxylic acids is 2. The SMILES string of the molecule is COC(=O)c1nn[c]n1CCNC(=O)N(C)C. The summed E-state index contributed by atoms with van der Waals surface area (Å²) in [4.78, 5) is 23.9. The zero-order valence-corrected chi connectivity index (χ0v) is 9.93. The second kappa shape index (κ2) is 5.83. The normalized spacial score (nSPS) is 9.82. The molecule has 0 spiro atoms. The molecule has 8 nitrogen and oxygen atoms in total. The summed E-state index contributed by atoms with van der Waals surface area (Å²) in [6.45, 7) is 0.687. The van der Waals surface area contributed by atoms with E-state index in [4.69, 9.17) is 0 Å². The van der Waals surface area contributed by atoms with Crippen LogP contribution in [0.25, 0.3) is 0 Å². The maximum atomic E-state index is 11.2. The summed E-state index contributed by atoms with van der Waals surface area (Å²) in [6.07, 6.45) is 2.51. The number of urea groups is 1. The highest BCUT2D eigenvalue weighted by molar-refractivity contribution is 5.85. The third-order valence-electron chi connectivity index (χ3n) is 1.95. The van der Waals surface area contributed by atoms with Gasteiger partial charge in [0.05, 0.1) is 7.11 Å². The number of amides is 2. The van der Waals surface area contributed by atoms with Gasteiger partial charge in [0.15, 0.2) is 0 Å². The average Bonchev–Trinajstić information content (AvgIpc) is 2.76. The van der Waals surface area contributed by atoms with Crippen molar-refractivity contribution in [2.75, 3.05) is 27.7 Å². The van der Waals surface area contributed by atoms with Crippen LogP contribution in [0.3, 0.4) is 0 Å². The molecule has 17 heavy (non-hydrogen) atoms. The van der Waals surface area contributed by atoms with Gasteiger partial charge in [0.2, 0.25) is 12.2 Å². The van der Waals surface area contributed by atoms with Crippen molar-refractivity contribution in [3.8, 4) is 0 Å². The lowest BCUT2D eigenvalue weighted by Gasteiger charge is -2.12. The Morgan fingerprint density at radius 2 is 2.24 bits per heavy atom. The van der Waals surface area contributed by atoms with Crippen molar-refractivity contribution in [3.05, 3.63) is 12.2 Å². The van der Waals surface area contributed by atoms with Crippen molar-refractivity contribution in [2.45, 2.75) is 6.54 Å². The lowest BCUT2D eigenvalue weighted by molar-refractivity contribution is 0.0580. The minimum absolute atomic E-state index is 0.0617. The molecule has 93 valence electrons. The van der Waals surface area contributed by atoms with Crippen molar-refractivity contribution < 1.29 is 14.3 Å². The summed E-state index contributed by atoms with van der Waals surface area (Å²) in [6, 6.07) is -0.210. The Kier molecular flexibility index (Phi) is 4.44. The van der Waals surface area contributed by atoms with Gasteiger partial charge in [0.1, 0.15) is 0 Å². The topological polar surface area (TPSA) is 89.3 Å². The molecule has 0 fully saturated rings. The molecule has 1 aromatic rings. The Labute approximate surface area is 98.6 Å². The number of ether oxygens (including phenoxy) is 1. The molecule has 1 heterocycles. The summed E-state index contributed by atoms with van der Waals surface area (Å²) < 4.78 is 5.91. The first kappa shape index (κ1) is 12.9. The predicted molar refractivity (Wildman–Crippen MR) is 57.3 cm³/mol. The molecule has 0 aliphatic carbocycles. The number of carbonyl (C=O) groups is 2. The predicted octanol–water partition coefficient (Wildman–Crippen LogP) is -0.864. The number of nitrogens with one attached hydrogen (secondary N) is 1. The largest absolute Gasteiger partial charge is 0.463 e. The first-order valence-electron chi connectivity index (χ1n) is 4.90. The van der Waals surface area contributed by atoms with Crippen LogP contribution in [0.1, 0.15) is 10.6 Å². The van der Waals surface area contributed by atoms with Crippen molar-refractivity contribution in [1.82, 2.24) is 25.0 Å². The van der Waals surface area contributed by atoms with Crippen LogP contribution in [0.15, 0.2) is 0 Å². The summed E-state index contributed by atoms with van der Waals surface area (Å²) in [5.41, 5.74) is 0. The van der Waals surface area contributed by atoms with Crippen LogP contribution in [0.5, 0.6) is 0 Å². The Hall–Kier alpha value is -2.12. The van der Waals surface area contributed by atoms with E-state index in [-0.39, 0.29) is 11.9 Å². The Balaban J connectivity index is 2.50. The fourth-order valence-electron chi connectivity index (χ4n) is 1.06. The maximum absolute atomic E-state index is 11.2. The molecule has 1 radical (unpaired) electrons. The van der Waals surface area contributed by atoms with Crippen LogP contribution in [0.4, 0.5) is 4.79 Å². The molecule has 0 saturated heterocycles. The van der Waals surface area contributed by atoms with Gasteiger partial charge in [-0.15, -0.1) is 10.2 Å². The summed E-state index contributed by atoms with van der Waals surface area (Å²) >= 11 is 0. The highest BCUT2D eigenvalue weighted by Crippen LogP contribution is 1.96. The standard InChI is InChI=1S/C9H14N5O3/c1-13(2)9(16)10-4-5-14-6-11-12-7(14)8(15)17-3/h4-5H2,1-3H3,(H,10,16). The van der Waals surface area contributed by atoms with Gasteiger partial charge in [-0.25, -0.2) is 9.59 Å². The van der Waals surface area contributed by atoms with Crippen LogP contribution >= 0.6 is 0 Å². The zero-order valence-electron chi connectivity index (χ0n) is 9.93. The van der Waals surface area contributed by atoms with E-state index in [2.05, 4.69) is 26.6 Å². The second-order valence-electron chi connectivity index (χ2n) is 3.39. The number of aromatic nitrogens is 3. The highest BCUT2D eigenvalue weighted by Gasteiger charge is 2.14. The van der Waals surface area contributed by atoms with Crippen LogP contribution in [0.2, 0.25) is 0 Å². The van der Waals surface area contributed by atoms with Crippen molar-refractivity contribution in [1.29, 1.82) is 0 Å². The fourth-order valence-corrected chi connectivity index (χ4v) is 1.06. The second-order valence-corrected chi connectivity index (χ2v) is 3.39. The first-order valence-corrected chi connectivity index (χ1v) is 4.90. The van der Waals surface area contributed by atoms with E-state index in [1.165, 1.54) is 16.6 Å². The maximum Gasteiger partial charge on any atom is 0.376 e. The van der Waals surface area contributed by atoms with E-state index in [0.29, 0.717) is 13.1 Å². The molecule has 0 aliphatic heterocycles. The lowest BCUT2D eigenvalue weighted by atomic mass is 10.5. The van der Waals surface area contributed by atoms with Gasteiger partial charge in [0, 0.05) is 27.2 Å². The molecule has 1 rings (SSSR count). The zero-order chi connectivity index (χ0) is 12.8. The Bertz CT molecular complexity index is 401. The number of rotatable bonds is 4. The van der Waals surface area contributed by atoms with Gasteiger partial charge < -0.3 is 15.0 Å². The Morgan fingerprint density at radius 1 is 1.53 bits per heavy atom. The summed E-state index contributed by atoms with van der Waals surface area (Å²) in [7, 11) is 4.54. The smallest absolute Gasteiger partial charge is 0.376 e. The molecule has 0 bridgehead atoms. The summed E-state index contributed by atoms with van der Waals surface area (Å²) in [5.74, 6) is -0.524. The Morgan fingerprint density at radius 3 is 2.82 bits per heavy atom. The number of hydrogen-bond donors (Lipinski definition) is 1. The van der Waals surface area contributed by atoms with Gasteiger partial charge >= 0.3 is 12.0 Å². The fraction of sp³-hybridized carbons (Fsp3) is 0.556. The number of methoxy groups -OCH3 is 1. The van der Waals surface area contributed by atoms with Crippen LogP contribution in [-0.4, -0.2) is 59.4 Å². The van der Waals surface area contributed by atoms with E-state index in [0.717, 1.165) is 0 Å². The van der Waals surface area contributed by atoms with Gasteiger partial charge in [-0.3, -0.25) is 4.57 Å². The molecule has 2 amide bonds. The third-order valence-corrected chi connectivity index (χ3v) is 1.95. The van der Waals surface area contributed by atoms with Crippen LogP contribution in [0, 0.1) is 6.33 Å². The van der Waals surface area contributed by atoms with Gasteiger partial charge in [-0.05, 0) is 0 Å². The number of esters is 1. The van der Waals surface area contributed by atoms with Crippen LogP contribution in [-0.2, 0) is 11.3 Å². The molecule has 0 aromatic carbocycles. The molecule has 1 N–H and O–H groups in total. The highest BCUT2D eigenvalue weighted by atomic mass is 16.5. The van der Waals surface area contributed by atoms with E-state index < -0.39 is 5.97 Å². The quantitative estimate of drug-likeness (QED) is 0.691. The minimum Gasteiger partial charge on any atom is -0.463 e. The lowest BCUT2D eigenvalue weighted by Crippen LogP contribution is -2.36. The molecular weight excluding hydrogens is 226 g/mol. The molecule has 0 aliphatic rings. The molecular formula is C9H14N5O3. The molecule has 8 heteroatoms. The summed E-state index contributed by atoms with van der Waals surface area (Å²) in [5, 5.41) is 9.71. The average molecular weight is 240 g/mol. The van der Waals surface area contributed by atoms with E-state index >= 15 is 0 Å². The first-order chi connectivity index (χ1) is 8.06. The number of nitrogens with zero attached hydrogens (tertiary/aromatic N) is 4. The minimum atomic E-state index is -0.585. The molecule has 0 atom stereocenters. The van der Waals surface area contributed by atoms with Crippen molar-refractivity contribution in [2.24, 2.45) is 0 Å². The monoisotopic (exact) mass is 240 g/mol.